The van der Waals surface area contributed by atoms with E-state index >= 15 is 0 Å². The Morgan fingerprint density at radius 3 is 2.54 bits per heavy atom. The molecule has 1 atom stereocenters. The molecule has 2 N–H and O–H groups in total. The van der Waals surface area contributed by atoms with Gasteiger partial charge in [0.15, 0.2) is 0 Å². The zero-order valence-corrected chi connectivity index (χ0v) is 22.8. The molecule has 41 heavy (non-hydrogen) atoms. The average molecular weight is 559 g/mol. The minimum absolute atomic E-state index is 0.116. The van der Waals surface area contributed by atoms with Crippen LogP contribution in [0.3, 0.4) is 0 Å². The minimum atomic E-state index is -2.80. The molecule has 1 saturated heterocycles. The summed E-state index contributed by atoms with van der Waals surface area (Å²) in [5.41, 5.74) is 7.29. The lowest BCUT2D eigenvalue weighted by Gasteiger charge is -2.19. The number of alkyl halides is 2. The third kappa shape index (κ3) is 5.52. The molecule has 212 valence electrons. The maximum Gasteiger partial charge on any atom is 0.279 e. The zero-order valence-electron chi connectivity index (χ0n) is 22.8. The Hall–Kier alpha value is -4.31. The minimum Gasteiger partial charge on any atom is -0.457 e. The van der Waals surface area contributed by atoms with Crippen LogP contribution in [0.4, 0.5) is 14.6 Å². The Morgan fingerprint density at radius 2 is 1.83 bits per heavy atom. The van der Waals surface area contributed by atoms with Gasteiger partial charge in [0, 0.05) is 37.3 Å². The number of hydrogen-bond acceptors (Lipinski definition) is 6. The van der Waals surface area contributed by atoms with Crippen molar-refractivity contribution in [3.63, 3.8) is 0 Å². The summed E-state index contributed by atoms with van der Waals surface area (Å²) >= 11 is 0. The molecule has 8 nitrogen and oxygen atoms in total. The molecule has 0 bridgehead atoms. The van der Waals surface area contributed by atoms with Gasteiger partial charge in [0.25, 0.3) is 6.43 Å². The van der Waals surface area contributed by atoms with Gasteiger partial charge in [-0.1, -0.05) is 36.4 Å². The van der Waals surface area contributed by atoms with E-state index in [0.717, 1.165) is 0 Å². The number of likely N-dealkylation sites (N-methyl/N-ethyl adjacent to an activating group) is 1. The second-order valence-corrected chi connectivity index (χ2v) is 10.6. The molecular formula is C31H32F2N6O2. The normalized spacial score (nSPS) is 17.4. The van der Waals surface area contributed by atoms with Gasteiger partial charge in [0.1, 0.15) is 29.3 Å². The number of carbonyl (C=O) groups excluding carboxylic acids is 1. The van der Waals surface area contributed by atoms with E-state index in [9.17, 15) is 13.6 Å². The molecule has 2 aromatic heterocycles. The molecule has 1 aliphatic heterocycles. The van der Waals surface area contributed by atoms with Gasteiger partial charge < -0.3 is 19.9 Å². The number of para-hydroxylation sites is 1. The third-order valence-electron chi connectivity index (χ3n) is 7.84. The summed E-state index contributed by atoms with van der Waals surface area (Å²) in [6, 6.07) is 16.5. The molecule has 1 saturated carbocycles. The first-order valence-corrected chi connectivity index (χ1v) is 13.8. The molecule has 6 rings (SSSR count). The average Bonchev–Trinajstić information content (AvgIpc) is 3.60. The number of hydrogen-bond donors (Lipinski definition) is 1. The molecule has 1 aliphatic carbocycles. The van der Waals surface area contributed by atoms with Crippen LogP contribution in [0.2, 0.25) is 0 Å². The molecule has 2 aliphatic rings. The summed E-state index contributed by atoms with van der Waals surface area (Å²) < 4.78 is 37.3. The molecule has 4 aromatic rings. The van der Waals surface area contributed by atoms with Gasteiger partial charge in [0.2, 0.25) is 5.91 Å². The predicted molar refractivity (Wildman–Crippen MR) is 154 cm³/mol. The van der Waals surface area contributed by atoms with Gasteiger partial charge in [0.05, 0.1) is 17.1 Å². The van der Waals surface area contributed by atoms with E-state index in [0.29, 0.717) is 65.8 Å². The van der Waals surface area contributed by atoms with Gasteiger partial charge in [-0.2, -0.15) is 0 Å². The number of nitrogen functional groups attached to an aromatic ring is 1. The van der Waals surface area contributed by atoms with Crippen molar-refractivity contribution in [2.24, 2.45) is 0 Å². The Labute approximate surface area is 237 Å². The Balaban J connectivity index is 1.30. The largest absolute Gasteiger partial charge is 0.457 e. The lowest BCUT2D eigenvalue weighted by atomic mass is 10.0. The molecule has 2 aromatic carbocycles. The van der Waals surface area contributed by atoms with Crippen LogP contribution in [0, 0.1) is 0 Å². The number of fused-ring (bicyclic) bond motifs is 1. The molecule has 2 fully saturated rings. The van der Waals surface area contributed by atoms with Crippen molar-refractivity contribution in [2.75, 3.05) is 32.4 Å². The summed E-state index contributed by atoms with van der Waals surface area (Å²) in [7, 11) is 2.05. The van der Waals surface area contributed by atoms with Crippen LogP contribution < -0.4 is 10.5 Å². The molecule has 0 unspecified atom stereocenters. The standard InChI is InChI=1S/C31H32F2N6O2/c1-37(21-11-12-21)16-5-8-25(40)38-17-15-22(18-38)39-28(29(32)33)26(27-30(34)35-19-36-31(27)39)20-9-13-24(14-10-20)41-23-6-3-2-4-7-23/h2-10,13-14,19,21-22,29H,11-12,15-18H2,1H3,(H2,34,35,36)/b8-5+/t22-/m1/s1. The van der Waals surface area contributed by atoms with Crippen molar-refractivity contribution in [3.8, 4) is 22.6 Å². The maximum atomic E-state index is 14.9. The van der Waals surface area contributed by atoms with Gasteiger partial charge in [-0.25, -0.2) is 18.7 Å². The number of anilines is 1. The number of aromatic nitrogens is 3. The lowest BCUT2D eigenvalue weighted by Crippen LogP contribution is -2.28. The molecule has 0 radical (unpaired) electrons. The summed E-state index contributed by atoms with van der Waals surface area (Å²) in [5.74, 6) is 1.26. The number of carbonyl (C=O) groups is 1. The van der Waals surface area contributed by atoms with E-state index < -0.39 is 6.43 Å². The summed E-state index contributed by atoms with van der Waals surface area (Å²) in [6.07, 6.45) is 4.88. The third-order valence-corrected chi connectivity index (χ3v) is 7.84. The predicted octanol–water partition coefficient (Wildman–Crippen LogP) is 5.83. The van der Waals surface area contributed by atoms with Crippen LogP contribution in [0.5, 0.6) is 11.5 Å². The van der Waals surface area contributed by atoms with E-state index in [4.69, 9.17) is 10.5 Å². The van der Waals surface area contributed by atoms with Crippen molar-refractivity contribution in [3.05, 3.63) is 78.8 Å². The fourth-order valence-electron chi connectivity index (χ4n) is 5.61. The van der Waals surface area contributed by atoms with E-state index in [2.05, 4.69) is 21.9 Å². The first-order chi connectivity index (χ1) is 19.9. The molecular weight excluding hydrogens is 526 g/mol. The Kier molecular flexibility index (Phi) is 7.40. The Bertz CT molecular complexity index is 1570. The first-order valence-electron chi connectivity index (χ1n) is 13.8. The van der Waals surface area contributed by atoms with Gasteiger partial charge in [-0.05, 0) is 56.1 Å². The smallest absolute Gasteiger partial charge is 0.279 e. The lowest BCUT2D eigenvalue weighted by molar-refractivity contribution is -0.125. The first kappa shape index (κ1) is 26.9. The second kappa shape index (κ2) is 11.3. The number of rotatable bonds is 9. The van der Waals surface area contributed by atoms with E-state index in [1.165, 1.54) is 19.2 Å². The highest BCUT2D eigenvalue weighted by Crippen LogP contribution is 2.44. The number of benzene rings is 2. The SMILES string of the molecule is CN(C/C=C/C(=O)N1CC[C@@H](n2c(C(F)F)c(-c3ccc(Oc4ccccc4)cc3)c3c(N)ncnc32)C1)C1CC1. The zero-order chi connectivity index (χ0) is 28.5. The van der Waals surface area contributed by atoms with Crippen molar-refractivity contribution in [1.82, 2.24) is 24.3 Å². The van der Waals surface area contributed by atoms with Gasteiger partial charge >= 0.3 is 0 Å². The number of halogens is 2. The quantitative estimate of drug-likeness (QED) is 0.260. The monoisotopic (exact) mass is 558 g/mol. The summed E-state index contributed by atoms with van der Waals surface area (Å²) in [5, 5.41) is 0.382. The van der Waals surface area contributed by atoms with Gasteiger partial charge in [-0.3, -0.25) is 9.69 Å². The fraction of sp³-hybridized carbons (Fsp3) is 0.323. The highest BCUT2D eigenvalue weighted by molar-refractivity contribution is 6.02. The number of nitrogens with zero attached hydrogens (tertiary/aromatic N) is 5. The van der Waals surface area contributed by atoms with Crippen LogP contribution in [-0.4, -0.2) is 63.0 Å². The number of nitrogens with two attached hydrogens (primary N) is 1. The topological polar surface area (TPSA) is 89.5 Å². The molecule has 3 heterocycles. The highest BCUT2D eigenvalue weighted by Gasteiger charge is 2.35. The van der Waals surface area contributed by atoms with E-state index in [1.54, 1.807) is 39.8 Å². The van der Waals surface area contributed by atoms with E-state index in [1.807, 2.05) is 36.4 Å². The number of ether oxygens (including phenoxy) is 1. The summed E-state index contributed by atoms with van der Waals surface area (Å²) in [6.45, 7) is 1.48. The number of likely N-dealkylation sites (tertiary alicyclic amines) is 1. The molecule has 1 amide bonds. The van der Waals surface area contributed by atoms with Crippen LogP contribution >= 0.6 is 0 Å². The van der Waals surface area contributed by atoms with Crippen molar-refractivity contribution in [2.45, 2.75) is 37.8 Å². The second-order valence-electron chi connectivity index (χ2n) is 10.6. The van der Waals surface area contributed by atoms with Crippen molar-refractivity contribution in [1.29, 1.82) is 0 Å². The Morgan fingerprint density at radius 1 is 1.10 bits per heavy atom. The van der Waals surface area contributed by atoms with E-state index in [-0.39, 0.29) is 23.5 Å². The fourth-order valence-corrected chi connectivity index (χ4v) is 5.61. The number of amides is 1. The van der Waals surface area contributed by atoms with Crippen LogP contribution in [-0.2, 0) is 4.79 Å². The maximum absolute atomic E-state index is 14.9. The van der Waals surface area contributed by atoms with Crippen molar-refractivity contribution >= 4 is 22.8 Å². The highest BCUT2D eigenvalue weighted by atomic mass is 19.3. The van der Waals surface area contributed by atoms with Crippen LogP contribution in [0.25, 0.3) is 22.2 Å². The molecule has 0 spiro atoms. The van der Waals surface area contributed by atoms with Crippen LogP contribution in [0.1, 0.15) is 37.4 Å². The summed E-state index contributed by atoms with van der Waals surface area (Å²) in [4.78, 5) is 25.4. The van der Waals surface area contributed by atoms with Gasteiger partial charge in [-0.15, -0.1) is 0 Å². The molecule has 10 heteroatoms. The van der Waals surface area contributed by atoms with Crippen molar-refractivity contribution < 1.29 is 18.3 Å². The van der Waals surface area contributed by atoms with Crippen LogP contribution in [0.15, 0.2) is 73.1 Å².